The molecule has 1 atom stereocenters. The SMILES string of the molecule is COc1cc(CNC[C@@H](C)O)cc(Cl)c1OC. The zero-order valence-corrected chi connectivity index (χ0v) is 11.0. The first-order valence-electron chi connectivity index (χ1n) is 5.37. The van der Waals surface area contributed by atoms with Gasteiger partial charge in [-0.25, -0.2) is 0 Å². The Labute approximate surface area is 106 Å². The Balaban J connectivity index is 2.77. The third-order valence-corrected chi connectivity index (χ3v) is 2.54. The number of benzene rings is 1. The zero-order valence-electron chi connectivity index (χ0n) is 10.3. The molecule has 2 N–H and O–H groups in total. The third-order valence-electron chi connectivity index (χ3n) is 2.26. The summed E-state index contributed by atoms with van der Waals surface area (Å²) in [5.41, 5.74) is 0.980. The molecule has 0 fully saturated rings. The second-order valence-corrected chi connectivity index (χ2v) is 4.20. The number of hydrogen-bond acceptors (Lipinski definition) is 4. The van der Waals surface area contributed by atoms with Crippen LogP contribution in [0.3, 0.4) is 0 Å². The smallest absolute Gasteiger partial charge is 0.179 e. The number of hydrogen-bond donors (Lipinski definition) is 2. The van der Waals surface area contributed by atoms with Gasteiger partial charge in [0.05, 0.1) is 25.3 Å². The zero-order chi connectivity index (χ0) is 12.8. The van der Waals surface area contributed by atoms with Gasteiger partial charge in [0, 0.05) is 13.1 Å². The molecule has 0 aliphatic rings. The van der Waals surface area contributed by atoms with Gasteiger partial charge in [0.2, 0.25) is 0 Å². The summed E-state index contributed by atoms with van der Waals surface area (Å²) in [7, 11) is 3.12. The van der Waals surface area contributed by atoms with Crippen molar-refractivity contribution >= 4 is 11.6 Å². The highest BCUT2D eigenvalue weighted by Gasteiger charge is 2.10. The first-order chi connectivity index (χ1) is 8.08. The number of rotatable bonds is 6. The van der Waals surface area contributed by atoms with Crippen LogP contribution < -0.4 is 14.8 Å². The van der Waals surface area contributed by atoms with Gasteiger partial charge in [0.25, 0.3) is 0 Å². The van der Waals surface area contributed by atoms with Gasteiger partial charge in [0.1, 0.15) is 0 Å². The van der Waals surface area contributed by atoms with Crippen molar-refractivity contribution in [3.8, 4) is 11.5 Å². The minimum atomic E-state index is -0.370. The van der Waals surface area contributed by atoms with Crippen LogP contribution in [0.2, 0.25) is 5.02 Å². The number of halogens is 1. The Morgan fingerprint density at radius 3 is 2.59 bits per heavy atom. The lowest BCUT2D eigenvalue weighted by Gasteiger charge is -2.12. The van der Waals surface area contributed by atoms with Crippen LogP contribution in [0.5, 0.6) is 11.5 Å². The Morgan fingerprint density at radius 1 is 1.35 bits per heavy atom. The molecule has 0 unspecified atom stereocenters. The third kappa shape index (κ3) is 4.07. The van der Waals surface area contributed by atoms with Gasteiger partial charge in [0.15, 0.2) is 11.5 Å². The Kier molecular flexibility index (Phi) is 5.55. The normalized spacial score (nSPS) is 12.3. The molecular formula is C12H18ClNO3. The van der Waals surface area contributed by atoms with Crippen molar-refractivity contribution < 1.29 is 14.6 Å². The van der Waals surface area contributed by atoms with E-state index in [1.807, 2.05) is 12.1 Å². The molecule has 0 aliphatic carbocycles. The van der Waals surface area contributed by atoms with E-state index in [0.29, 0.717) is 29.6 Å². The van der Waals surface area contributed by atoms with Crippen LogP contribution in [-0.2, 0) is 6.54 Å². The van der Waals surface area contributed by atoms with Crippen molar-refractivity contribution in [2.75, 3.05) is 20.8 Å². The number of nitrogens with one attached hydrogen (secondary N) is 1. The summed E-state index contributed by atoms with van der Waals surface area (Å²) in [6.07, 6.45) is -0.370. The first kappa shape index (κ1) is 14.1. The molecule has 1 aromatic carbocycles. The van der Waals surface area contributed by atoms with Crippen LogP contribution in [0.15, 0.2) is 12.1 Å². The van der Waals surface area contributed by atoms with Crippen molar-refractivity contribution in [3.63, 3.8) is 0 Å². The van der Waals surface area contributed by atoms with Crippen LogP contribution in [0.1, 0.15) is 12.5 Å². The van der Waals surface area contributed by atoms with Gasteiger partial charge in [-0.05, 0) is 24.6 Å². The van der Waals surface area contributed by atoms with Gasteiger partial charge < -0.3 is 19.9 Å². The number of ether oxygens (including phenoxy) is 2. The molecule has 0 bridgehead atoms. The number of aliphatic hydroxyl groups is 1. The van der Waals surface area contributed by atoms with E-state index in [4.69, 9.17) is 26.2 Å². The molecule has 96 valence electrons. The maximum absolute atomic E-state index is 9.13. The van der Waals surface area contributed by atoms with Crippen LogP contribution >= 0.6 is 11.6 Å². The van der Waals surface area contributed by atoms with Crippen LogP contribution in [0.25, 0.3) is 0 Å². The van der Waals surface area contributed by atoms with Crippen molar-refractivity contribution in [2.24, 2.45) is 0 Å². The molecule has 0 amide bonds. The van der Waals surface area contributed by atoms with Gasteiger partial charge in [-0.3, -0.25) is 0 Å². The quantitative estimate of drug-likeness (QED) is 0.818. The predicted octanol–water partition coefficient (Wildman–Crippen LogP) is 1.83. The lowest BCUT2D eigenvalue weighted by Crippen LogP contribution is -2.23. The van der Waals surface area contributed by atoms with E-state index in [-0.39, 0.29) is 6.10 Å². The Bertz CT molecular complexity index is 369. The molecule has 0 saturated heterocycles. The molecule has 1 aromatic rings. The average Bonchev–Trinajstić information content (AvgIpc) is 2.27. The minimum Gasteiger partial charge on any atom is -0.493 e. The van der Waals surface area contributed by atoms with Gasteiger partial charge >= 0.3 is 0 Å². The van der Waals surface area contributed by atoms with Gasteiger partial charge in [-0.1, -0.05) is 11.6 Å². The lowest BCUT2D eigenvalue weighted by atomic mass is 10.2. The molecule has 0 saturated carbocycles. The molecular weight excluding hydrogens is 242 g/mol. The molecule has 1 rings (SSSR count). The van der Waals surface area contributed by atoms with Crippen molar-refractivity contribution in [1.29, 1.82) is 0 Å². The summed E-state index contributed by atoms with van der Waals surface area (Å²) >= 11 is 6.07. The monoisotopic (exact) mass is 259 g/mol. The predicted molar refractivity (Wildman–Crippen MR) is 67.9 cm³/mol. The molecule has 17 heavy (non-hydrogen) atoms. The Morgan fingerprint density at radius 2 is 2.06 bits per heavy atom. The number of methoxy groups -OCH3 is 2. The van der Waals surface area contributed by atoms with E-state index in [0.717, 1.165) is 5.56 Å². The fourth-order valence-electron chi connectivity index (χ4n) is 1.50. The first-order valence-corrected chi connectivity index (χ1v) is 5.75. The van der Waals surface area contributed by atoms with E-state index < -0.39 is 0 Å². The second kappa shape index (κ2) is 6.69. The Hall–Kier alpha value is -0.970. The molecule has 0 spiro atoms. The average molecular weight is 260 g/mol. The van der Waals surface area contributed by atoms with Crippen molar-refractivity contribution in [3.05, 3.63) is 22.7 Å². The summed E-state index contributed by atoms with van der Waals surface area (Å²) in [4.78, 5) is 0. The maximum atomic E-state index is 9.13. The molecule has 0 radical (unpaired) electrons. The van der Waals surface area contributed by atoms with E-state index >= 15 is 0 Å². The molecule has 5 heteroatoms. The minimum absolute atomic E-state index is 0.370. The van der Waals surface area contributed by atoms with Gasteiger partial charge in [-0.15, -0.1) is 0 Å². The summed E-state index contributed by atoms with van der Waals surface area (Å²) in [5.74, 6) is 1.14. The van der Waals surface area contributed by atoms with E-state index in [1.165, 1.54) is 0 Å². The van der Waals surface area contributed by atoms with E-state index in [1.54, 1.807) is 21.1 Å². The van der Waals surface area contributed by atoms with E-state index in [9.17, 15) is 0 Å². The number of aliphatic hydroxyl groups excluding tert-OH is 1. The van der Waals surface area contributed by atoms with Crippen LogP contribution in [0, 0.1) is 0 Å². The summed E-state index contributed by atoms with van der Waals surface area (Å²) in [6, 6.07) is 3.68. The fourth-order valence-corrected chi connectivity index (χ4v) is 1.81. The lowest BCUT2D eigenvalue weighted by molar-refractivity contribution is 0.191. The van der Waals surface area contributed by atoms with E-state index in [2.05, 4.69) is 5.32 Å². The van der Waals surface area contributed by atoms with Crippen LogP contribution in [-0.4, -0.2) is 32.0 Å². The highest BCUT2D eigenvalue weighted by Crippen LogP contribution is 2.35. The fraction of sp³-hybridized carbons (Fsp3) is 0.500. The highest BCUT2D eigenvalue weighted by atomic mass is 35.5. The molecule has 0 aromatic heterocycles. The van der Waals surface area contributed by atoms with Crippen molar-refractivity contribution in [2.45, 2.75) is 19.6 Å². The highest BCUT2D eigenvalue weighted by molar-refractivity contribution is 6.32. The summed E-state index contributed by atoms with van der Waals surface area (Å²) < 4.78 is 10.3. The maximum Gasteiger partial charge on any atom is 0.179 e. The largest absolute Gasteiger partial charge is 0.493 e. The summed E-state index contributed by atoms with van der Waals surface area (Å²) in [5, 5.41) is 12.8. The molecule has 4 nitrogen and oxygen atoms in total. The second-order valence-electron chi connectivity index (χ2n) is 3.79. The van der Waals surface area contributed by atoms with Crippen LogP contribution in [0.4, 0.5) is 0 Å². The molecule has 0 aliphatic heterocycles. The molecule has 0 heterocycles. The van der Waals surface area contributed by atoms with Crippen molar-refractivity contribution in [1.82, 2.24) is 5.32 Å². The standard InChI is InChI=1S/C12H18ClNO3/c1-8(15)6-14-7-9-4-10(13)12(17-3)11(5-9)16-2/h4-5,8,14-15H,6-7H2,1-3H3/t8-/m1/s1. The van der Waals surface area contributed by atoms with Gasteiger partial charge in [-0.2, -0.15) is 0 Å². The topological polar surface area (TPSA) is 50.7 Å². The summed E-state index contributed by atoms with van der Waals surface area (Å²) in [6.45, 7) is 2.88.